The van der Waals surface area contributed by atoms with Crippen LogP contribution >= 0.6 is 46.1 Å². The van der Waals surface area contributed by atoms with Crippen molar-refractivity contribution in [2.75, 3.05) is 0 Å². The van der Waals surface area contributed by atoms with Crippen LogP contribution in [0.15, 0.2) is 23.0 Å². The summed E-state index contributed by atoms with van der Waals surface area (Å²) < 4.78 is 0. The van der Waals surface area contributed by atoms with Gasteiger partial charge in [0.1, 0.15) is 10.7 Å². The van der Waals surface area contributed by atoms with Crippen LogP contribution in [0, 0.1) is 6.92 Å². The molecule has 108 valence electrons. The topological polar surface area (TPSA) is 45.8 Å². The van der Waals surface area contributed by atoms with E-state index in [0.717, 1.165) is 16.0 Å². The van der Waals surface area contributed by atoms with E-state index >= 15 is 0 Å². The van der Waals surface area contributed by atoms with E-state index in [2.05, 4.69) is 9.97 Å². The summed E-state index contributed by atoms with van der Waals surface area (Å²) in [6.07, 6.45) is 0. The molecule has 0 bridgehead atoms. The lowest BCUT2D eigenvalue weighted by molar-refractivity contribution is 1.04. The lowest BCUT2D eigenvalue weighted by atomic mass is 10.0. The molecule has 0 fully saturated rings. The van der Waals surface area contributed by atoms with E-state index in [9.17, 15) is 4.79 Å². The van der Waals surface area contributed by atoms with Crippen LogP contribution in [0.5, 0.6) is 0 Å². The lowest BCUT2D eigenvalue weighted by Crippen LogP contribution is -2.10. The second kappa shape index (κ2) is 5.61. The summed E-state index contributed by atoms with van der Waals surface area (Å²) in [5, 5.41) is 1.49. The number of nitrogens with zero attached hydrogens (tertiary/aromatic N) is 1. The molecule has 3 nitrogen and oxygen atoms in total. The fourth-order valence-electron chi connectivity index (χ4n) is 2.23. The fraction of sp³-hybridized carbons (Fsp3) is 0.143. The Morgan fingerprint density at radius 1 is 1.29 bits per heavy atom. The summed E-state index contributed by atoms with van der Waals surface area (Å²) in [6.45, 7) is 1.95. The van der Waals surface area contributed by atoms with Crippen molar-refractivity contribution in [2.45, 2.75) is 12.8 Å². The van der Waals surface area contributed by atoms with Gasteiger partial charge in [-0.1, -0.05) is 29.3 Å². The summed E-state index contributed by atoms with van der Waals surface area (Å²) in [7, 11) is 0. The first kappa shape index (κ1) is 14.9. The van der Waals surface area contributed by atoms with Crippen LogP contribution in [-0.2, 0) is 5.88 Å². The maximum Gasteiger partial charge on any atom is 0.260 e. The number of hydrogen-bond donors (Lipinski definition) is 1. The summed E-state index contributed by atoms with van der Waals surface area (Å²) >= 11 is 19.2. The molecule has 0 spiro atoms. The van der Waals surface area contributed by atoms with Crippen LogP contribution in [0.1, 0.15) is 10.7 Å². The number of halogens is 3. The van der Waals surface area contributed by atoms with Gasteiger partial charge in [0.15, 0.2) is 0 Å². The van der Waals surface area contributed by atoms with Gasteiger partial charge in [-0.15, -0.1) is 22.9 Å². The van der Waals surface area contributed by atoms with Gasteiger partial charge in [-0.3, -0.25) is 4.79 Å². The minimum absolute atomic E-state index is 0.171. The third kappa shape index (κ3) is 2.57. The Hall–Kier alpha value is -1.07. The SMILES string of the molecule is Cc1sc2nc(CCl)[nH]c(=O)c2c1-c1ccc(Cl)c(Cl)c1. The smallest absolute Gasteiger partial charge is 0.260 e. The van der Waals surface area contributed by atoms with Crippen molar-refractivity contribution >= 4 is 56.4 Å². The zero-order chi connectivity index (χ0) is 15.1. The van der Waals surface area contributed by atoms with Gasteiger partial charge in [-0.25, -0.2) is 4.98 Å². The molecule has 0 saturated carbocycles. The van der Waals surface area contributed by atoms with E-state index < -0.39 is 0 Å². The van der Waals surface area contributed by atoms with Crippen molar-refractivity contribution in [3.05, 3.63) is 49.3 Å². The maximum atomic E-state index is 12.3. The molecule has 3 rings (SSSR count). The summed E-state index contributed by atoms with van der Waals surface area (Å²) in [5.41, 5.74) is 1.49. The van der Waals surface area contributed by atoms with Crippen molar-refractivity contribution < 1.29 is 0 Å². The standard InChI is InChI=1S/C14H9Cl3N2OS/c1-6-11(7-2-3-8(16)9(17)4-7)12-13(20)18-10(5-15)19-14(12)21-6/h2-4H,5H2,1H3,(H,18,19,20). The molecule has 0 saturated heterocycles. The zero-order valence-corrected chi connectivity index (χ0v) is 13.9. The Bertz CT molecular complexity index is 901. The quantitative estimate of drug-likeness (QED) is 0.654. The van der Waals surface area contributed by atoms with E-state index in [-0.39, 0.29) is 11.4 Å². The monoisotopic (exact) mass is 358 g/mol. The maximum absolute atomic E-state index is 12.3. The number of aryl methyl sites for hydroxylation is 1. The van der Waals surface area contributed by atoms with Gasteiger partial charge in [0.05, 0.1) is 21.3 Å². The van der Waals surface area contributed by atoms with Crippen molar-refractivity contribution in [1.82, 2.24) is 9.97 Å². The molecule has 0 radical (unpaired) electrons. The number of thiophene rings is 1. The Morgan fingerprint density at radius 2 is 2.05 bits per heavy atom. The normalized spacial score (nSPS) is 11.2. The molecule has 0 amide bonds. The number of hydrogen-bond acceptors (Lipinski definition) is 3. The molecular weight excluding hydrogens is 351 g/mol. The Kier molecular flexibility index (Phi) is 3.97. The number of benzene rings is 1. The molecular formula is C14H9Cl3N2OS. The molecule has 1 aromatic carbocycles. The number of aromatic nitrogens is 2. The third-order valence-electron chi connectivity index (χ3n) is 3.12. The Morgan fingerprint density at radius 3 is 2.71 bits per heavy atom. The number of H-pyrrole nitrogens is 1. The minimum atomic E-state index is -0.193. The van der Waals surface area contributed by atoms with Gasteiger partial charge in [0.2, 0.25) is 0 Å². The highest BCUT2D eigenvalue weighted by Crippen LogP contribution is 2.37. The molecule has 0 aliphatic carbocycles. The number of aromatic amines is 1. The molecule has 0 aliphatic heterocycles. The molecule has 2 heterocycles. The summed E-state index contributed by atoms with van der Waals surface area (Å²) in [5.74, 6) is 0.639. The predicted octanol–water partition coefficient (Wildman–Crippen LogP) is 5.01. The fourth-order valence-corrected chi connectivity index (χ4v) is 3.72. The van der Waals surface area contributed by atoms with Gasteiger partial charge in [0.25, 0.3) is 5.56 Å². The van der Waals surface area contributed by atoms with E-state index in [4.69, 9.17) is 34.8 Å². The number of fused-ring (bicyclic) bond motifs is 1. The van der Waals surface area contributed by atoms with E-state index in [1.54, 1.807) is 12.1 Å². The molecule has 7 heteroatoms. The molecule has 21 heavy (non-hydrogen) atoms. The van der Waals surface area contributed by atoms with Gasteiger partial charge in [-0.05, 0) is 24.6 Å². The van der Waals surface area contributed by atoms with Crippen LogP contribution in [0.3, 0.4) is 0 Å². The highest BCUT2D eigenvalue weighted by Gasteiger charge is 2.17. The molecule has 1 N–H and O–H groups in total. The summed E-state index contributed by atoms with van der Waals surface area (Å²) in [6, 6.07) is 5.32. The highest BCUT2D eigenvalue weighted by atomic mass is 35.5. The lowest BCUT2D eigenvalue weighted by Gasteiger charge is -2.04. The average Bonchev–Trinajstić information content (AvgIpc) is 2.78. The van der Waals surface area contributed by atoms with E-state index in [1.165, 1.54) is 11.3 Å². The van der Waals surface area contributed by atoms with Crippen molar-refractivity contribution in [2.24, 2.45) is 0 Å². The van der Waals surface area contributed by atoms with Crippen molar-refractivity contribution in [3.8, 4) is 11.1 Å². The molecule has 3 aromatic rings. The van der Waals surface area contributed by atoms with Crippen LogP contribution in [0.25, 0.3) is 21.3 Å². The van der Waals surface area contributed by atoms with Crippen LogP contribution < -0.4 is 5.56 Å². The minimum Gasteiger partial charge on any atom is -0.309 e. The molecule has 2 aromatic heterocycles. The van der Waals surface area contributed by atoms with Crippen LogP contribution in [0.2, 0.25) is 10.0 Å². The Labute approximate surface area is 139 Å². The first-order chi connectivity index (χ1) is 10.0. The molecule has 0 unspecified atom stereocenters. The second-order valence-electron chi connectivity index (χ2n) is 4.49. The van der Waals surface area contributed by atoms with Gasteiger partial charge >= 0.3 is 0 Å². The number of rotatable bonds is 2. The average molecular weight is 360 g/mol. The van der Waals surface area contributed by atoms with Crippen LogP contribution in [-0.4, -0.2) is 9.97 Å². The van der Waals surface area contributed by atoms with E-state index in [1.807, 2.05) is 13.0 Å². The zero-order valence-electron chi connectivity index (χ0n) is 10.8. The molecule has 0 atom stereocenters. The second-order valence-corrected chi connectivity index (χ2v) is 6.77. The first-order valence-corrected chi connectivity index (χ1v) is 8.15. The highest BCUT2D eigenvalue weighted by molar-refractivity contribution is 7.19. The van der Waals surface area contributed by atoms with Gasteiger partial charge in [-0.2, -0.15) is 0 Å². The van der Waals surface area contributed by atoms with Crippen molar-refractivity contribution in [3.63, 3.8) is 0 Å². The predicted molar refractivity (Wildman–Crippen MR) is 90.0 cm³/mol. The number of nitrogens with one attached hydrogen (secondary N) is 1. The van der Waals surface area contributed by atoms with Crippen molar-refractivity contribution in [1.29, 1.82) is 0 Å². The Balaban J connectivity index is 2.34. The molecule has 0 aliphatic rings. The van der Waals surface area contributed by atoms with E-state index in [0.29, 0.717) is 26.1 Å². The van der Waals surface area contributed by atoms with Crippen LogP contribution in [0.4, 0.5) is 0 Å². The number of alkyl halides is 1. The third-order valence-corrected chi connectivity index (χ3v) is 5.11. The summed E-state index contributed by atoms with van der Waals surface area (Å²) in [4.78, 5) is 21.1. The van der Waals surface area contributed by atoms with Gasteiger partial charge in [0, 0.05) is 10.4 Å². The van der Waals surface area contributed by atoms with Gasteiger partial charge < -0.3 is 4.98 Å². The first-order valence-electron chi connectivity index (χ1n) is 6.05. The largest absolute Gasteiger partial charge is 0.309 e.